The van der Waals surface area contributed by atoms with Crippen molar-refractivity contribution < 1.29 is 14.3 Å². The van der Waals surface area contributed by atoms with E-state index < -0.39 is 0 Å². The Morgan fingerprint density at radius 2 is 2.04 bits per heavy atom. The molecule has 7 nitrogen and oxygen atoms in total. The lowest BCUT2D eigenvalue weighted by atomic mass is 9.82. The number of anilines is 1. The molecule has 1 unspecified atom stereocenters. The highest BCUT2D eigenvalue weighted by molar-refractivity contribution is 5.95. The molecule has 0 bridgehead atoms. The van der Waals surface area contributed by atoms with E-state index in [1.807, 2.05) is 30.3 Å². The molecule has 0 saturated heterocycles. The number of nitrogens with zero attached hydrogens (tertiary/aromatic N) is 2. The van der Waals surface area contributed by atoms with Crippen LogP contribution in [0.25, 0.3) is 11.4 Å². The van der Waals surface area contributed by atoms with Crippen LogP contribution in [0.4, 0.5) is 5.95 Å². The molecule has 7 heteroatoms. The van der Waals surface area contributed by atoms with E-state index >= 15 is 0 Å². The van der Waals surface area contributed by atoms with Crippen molar-refractivity contribution >= 4 is 11.9 Å². The molecule has 0 aliphatic heterocycles. The number of H-pyrrole nitrogens is 1. The monoisotopic (exact) mass is 378 g/mol. The molecule has 2 N–H and O–H groups in total. The lowest BCUT2D eigenvalue weighted by molar-refractivity contribution is -0.117. The normalized spacial score (nSPS) is 15.6. The van der Waals surface area contributed by atoms with E-state index in [-0.39, 0.29) is 17.8 Å². The molecular formula is C21H22N4O3. The second-order valence-corrected chi connectivity index (χ2v) is 6.71. The van der Waals surface area contributed by atoms with Crippen LogP contribution < -0.4 is 14.8 Å². The molecule has 0 radical (unpaired) electrons. The van der Waals surface area contributed by atoms with Gasteiger partial charge in [-0.3, -0.25) is 15.2 Å². The average molecular weight is 378 g/mol. The third-order valence-corrected chi connectivity index (χ3v) is 5.07. The molecule has 0 saturated carbocycles. The van der Waals surface area contributed by atoms with Crippen LogP contribution in [-0.4, -0.2) is 35.3 Å². The smallest absolute Gasteiger partial charge is 0.249 e. The Balaban J connectivity index is 1.54. The van der Waals surface area contributed by atoms with E-state index in [1.54, 1.807) is 20.3 Å². The molecule has 0 fully saturated rings. The number of hydrogen-bond acceptors (Lipinski definition) is 5. The Morgan fingerprint density at radius 3 is 2.86 bits per heavy atom. The first-order chi connectivity index (χ1) is 13.7. The summed E-state index contributed by atoms with van der Waals surface area (Å²) < 4.78 is 10.6. The van der Waals surface area contributed by atoms with E-state index in [1.165, 1.54) is 5.56 Å². The minimum absolute atomic E-state index is 0.0839. The Labute approximate surface area is 163 Å². The van der Waals surface area contributed by atoms with Gasteiger partial charge in [-0.25, -0.2) is 0 Å². The van der Waals surface area contributed by atoms with Gasteiger partial charge in [0.25, 0.3) is 0 Å². The maximum Gasteiger partial charge on any atom is 0.249 e. The van der Waals surface area contributed by atoms with Gasteiger partial charge in [0.15, 0.2) is 5.82 Å². The van der Waals surface area contributed by atoms with E-state index in [0.717, 1.165) is 30.4 Å². The van der Waals surface area contributed by atoms with Crippen LogP contribution in [0.5, 0.6) is 11.5 Å². The summed E-state index contributed by atoms with van der Waals surface area (Å²) in [7, 11) is 3.18. The zero-order valence-corrected chi connectivity index (χ0v) is 15.9. The molecule has 0 spiro atoms. The number of rotatable bonds is 5. The minimum Gasteiger partial charge on any atom is -0.497 e. The molecule has 2 aromatic carbocycles. The summed E-state index contributed by atoms with van der Waals surface area (Å²) in [4.78, 5) is 17.3. The van der Waals surface area contributed by atoms with Crippen molar-refractivity contribution in [1.82, 2.24) is 15.2 Å². The van der Waals surface area contributed by atoms with E-state index in [4.69, 9.17) is 9.47 Å². The van der Waals surface area contributed by atoms with Crippen molar-refractivity contribution in [3.05, 3.63) is 53.6 Å². The molecule has 28 heavy (non-hydrogen) atoms. The first-order valence-electron chi connectivity index (χ1n) is 9.23. The fraction of sp³-hybridized carbons (Fsp3) is 0.286. The predicted molar refractivity (Wildman–Crippen MR) is 106 cm³/mol. The molecule has 1 heterocycles. The van der Waals surface area contributed by atoms with Crippen LogP contribution in [0.2, 0.25) is 0 Å². The number of carbonyl (C=O) groups is 1. The number of benzene rings is 2. The van der Waals surface area contributed by atoms with Crippen LogP contribution in [0.1, 0.15) is 29.9 Å². The number of aromatic amines is 1. The summed E-state index contributed by atoms with van der Waals surface area (Å²) >= 11 is 0. The van der Waals surface area contributed by atoms with Gasteiger partial charge in [0.05, 0.1) is 25.7 Å². The van der Waals surface area contributed by atoms with E-state index in [2.05, 4.69) is 26.6 Å². The van der Waals surface area contributed by atoms with Gasteiger partial charge < -0.3 is 9.47 Å². The predicted octanol–water partition coefficient (Wildman–Crippen LogP) is 3.55. The number of amides is 1. The largest absolute Gasteiger partial charge is 0.497 e. The third-order valence-electron chi connectivity index (χ3n) is 5.07. The zero-order valence-electron chi connectivity index (χ0n) is 15.9. The molecule has 144 valence electrons. The molecule has 1 atom stereocenters. The number of aromatic nitrogens is 3. The fourth-order valence-corrected chi connectivity index (χ4v) is 3.66. The van der Waals surface area contributed by atoms with Gasteiger partial charge in [-0.05, 0) is 42.5 Å². The van der Waals surface area contributed by atoms with Gasteiger partial charge in [0.1, 0.15) is 11.5 Å². The number of carbonyl (C=O) groups excluding carboxylic acids is 1. The van der Waals surface area contributed by atoms with Crippen molar-refractivity contribution in [3.63, 3.8) is 0 Å². The molecular weight excluding hydrogens is 356 g/mol. The highest BCUT2D eigenvalue weighted by Gasteiger charge is 2.27. The lowest BCUT2D eigenvalue weighted by Crippen LogP contribution is -2.25. The number of ether oxygens (including phenoxy) is 2. The van der Waals surface area contributed by atoms with Crippen molar-refractivity contribution in [2.45, 2.75) is 25.2 Å². The second-order valence-electron chi connectivity index (χ2n) is 6.71. The van der Waals surface area contributed by atoms with Gasteiger partial charge >= 0.3 is 0 Å². The van der Waals surface area contributed by atoms with Crippen LogP contribution in [0.3, 0.4) is 0 Å². The summed E-state index contributed by atoms with van der Waals surface area (Å²) in [5.74, 6) is 1.79. The van der Waals surface area contributed by atoms with Crippen LogP contribution in [-0.2, 0) is 11.2 Å². The number of fused-ring (bicyclic) bond motifs is 1. The second kappa shape index (κ2) is 7.72. The van der Waals surface area contributed by atoms with Crippen molar-refractivity contribution in [2.75, 3.05) is 19.5 Å². The number of methoxy groups -OCH3 is 2. The highest BCUT2D eigenvalue weighted by Crippen LogP contribution is 2.33. The van der Waals surface area contributed by atoms with Crippen LogP contribution >= 0.6 is 0 Å². The summed E-state index contributed by atoms with van der Waals surface area (Å²) in [6.07, 6.45) is 2.84. The lowest BCUT2D eigenvalue weighted by Gasteiger charge is -2.24. The van der Waals surface area contributed by atoms with E-state index in [9.17, 15) is 4.79 Å². The SMILES string of the molecule is COc1ccc(-c2nc(NC(=O)C3CCCc4ccccc43)n[nH]2)c(OC)c1. The average Bonchev–Trinajstić information content (AvgIpc) is 3.20. The first-order valence-corrected chi connectivity index (χ1v) is 9.23. The van der Waals surface area contributed by atoms with Crippen molar-refractivity contribution in [3.8, 4) is 22.9 Å². The Hall–Kier alpha value is -3.35. The Bertz CT molecular complexity index is 999. The van der Waals surface area contributed by atoms with Gasteiger partial charge in [-0.2, -0.15) is 4.98 Å². The summed E-state index contributed by atoms with van der Waals surface area (Å²) in [6, 6.07) is 13.5. The van der Waals surface area contributed by atoms with E-state index in [0.29, 0.717) is 17.3 Å². The maximum absolute atomic E-state index is 12.8. The third kappa shape index (κ3) is 3.43. The first kappa shape index (κ1) is 18.0. The molecule has 3 aromatic rings. The molecule has 1 aromatic heterocycles. The Kier molecular flexibility index (Phi) is 4.97. The summed E-state index contributed by atoms with van der Waals surface area (Å²) in [5.41, 5.74) is 3.07. The topological polar surface area (TPSA) is 89.1 Å². The molecule has 1 amide bonds. The fourth-order valence-electron chi connectivity index (χ4n) is 3.66. The van der Waals surface area contributed by atoms with Crippen LogP contribution in [0, 0.1) is 0 Å². The summed E-state index contributed by atoms with van der Waals surface area (Å²) in [5, 5.41) is 9.86. The molecule has 1 aliphatic rings. The van der Waals surface area contributed by atoms with Crippen LogP contribution in [0.15, 0.2) is 42.5 Å². The van der Waals surface area contributed by atoms with Gasteiger partial charge in [0, 0.05) is 6.07 Å². The molecule has 4 rings (SSSR count). The molecule has 1 aliphatic carbocycles. The maximum atomic E-state index is 12.8. The number of aryl methyl sites for hydroxylation is 1. The quantitative estimate of drug-likeness (QED) is 0.709. The van der Waals surface area contributed by atoms with Gasteiger partial charge in [0.2, 0.25) is 11.9 Å². The van der Waals surface area contributed by atoms with Gasteiger partial charge in [-0.1, -0.05) is 24.3 Å². The number of hydrogen-bond donors (Lipinski definition) is 2. The van der Waals surface area contributed by atoms with Gasteiger partial charge in [-0.15, -0.1) is 5.10 Å². The Morgan fingerprint density at radius 1 is 1.18 bits per heavy atom. The number of nitrogens with one attached hydrogen (secondary N) is 2. The standard InChI is InChI=1S/C21H22N4O3/c1-27-14-10-11-17(18(12-14)28-2)19-22-21(25-24-19)23-20(26)16-9-5-7-13-6-3-4-8-15(13)16/h3-4,6,8,10-12,16H,5,7,9H2,1-2H3,(H2,22,23,24,25,26). The van der Waals surface area contributed by atoms with Crippen molar-refractivity contribution in [2.24, 2.45) is 0 Å². The summed E-state index contributed by atoms with van der Waals surface area (Å²) in [6.45, 7) is 0. The highest BCUT2D eigenvalue weighted by atomic mass is 16.5. The zero-order chi connectivity index (χ0) is 19.5. The minimum atomic E-state index is -0.178. The van der Waals surface area contributed by atoms with Crippen molar-refractivity contribution in [1.29, 1.82) is 0 Å².